The SMILES string of the molecule is O=C(Nc1ccc(Cl)cc1)[C@H]1Cc2ccccc2CN1. The number of benzene rings is 2. The zero-order valence-corrected chi connectivity index (χ0v) is 11.7. The van der Waals surface area contributed by atoms with Crippen molar-refractivity contribution < 1.29 is 4.79 Å². The first kappa shape index (κ1) is 13.2. The van der Waals surface area contributed by atoms with Crippen molar-refractivity contribution >= 4 is 23.2 Å². The first-order valence-corrected chi connectivity index (χ1v) is 6.97. The Morgan fingerprint density at radius 1 is 1.10 bits per heavy atom. The summed E-state index contributed by atoms with van der Waals surface area (Å²) < 4.78 is 0. The minimum Gasteiger partial charge on any atom is -0.325 e. The maximum Gasteiger partial charge on any atom is 0.241 e. The number of anilines is 1. The normalized spacial score (nSPS) is 17.4. The predicted molar refractivity (Wildman–Crippen MR) is 80.9 cm³/mol. The molecule has 3 rings (SSSR count). The van der Waals surface area contributed by atoms with Crippen molar-refractivity contribution in [2.24, 2.45) is 0 Å². The molecule has 0 radical (unpaired) electrons. The molecule has 1 heterocycles. The number of carbonyl (C=O) groups excluding carboxylic acids is 1. The van der Waals surface area contributed by atoms with Crippen molar-refractivity contribution in [3.8, 4) is 0 Å². The molecule has 1 aliphatic heterocycles. The summed E-state index contributed by atoms with van der Waals surface area (Å²) in [4.78, 5) is 12.3. The maximum absolute atomic E-state index is 12.3. The number of fused-ring (bicyclic) bond motifs is 1. The maximum atomic E-state index is 12.3. The third kappa shape index (κ3) is 2.84. The molecule has 1 amide bonds. The van der Waals surface area contributed by atoms with Crippen LogP contribution in [0, 0.1) is 0 Å². The lowest BCUT2D eigenvalue weighted by molar-refractivity contribution is -0.118. The Bertz CT molecular complexity index is 625. The van der Waals surface area contributed by atoms with E-state index in [1.54, 1.807) is 24.3 Å². The second-order valence-corrected chi connectivity index (χ2v) is 5.34. The molecule has 0 fully saturated rings. The Morgan fingerprint density at radius 2 is 1.80 bits per heavy atom. The van der Waals surface area contributed by atoms with Crippen LogP contribution >= 0.6 is 11.6 Å². The van der Waals surface area contributed by atoms with E-state index in [1.807, 2.05) is 12.1 Å². The largest absolute Gasteiger partial charge is 0.325 e. The van der Waals surface area contributed by atoms with Gasteiger partial charge in [0.05, 0.1) is 6.04 Å². The van der Waals surface area contributed by atoms with E-state index in [0.717, 1.165) is 18.7 Å². The second kappa shape index (κ2) is 5.65. The van der Waals surface area contributed by atoms with Crippen LogP contribution in [0.25, 0.3) is 0 Å². The number of amides is 1. The third-order valence-electron chi connectivity index (χ3n) is 3.51. The van der Waals surface area contributed by atoms with Gasteiger partial charge in [-0.3, -0.25) is 4.79 Å². The standard InChI is InChI=1S/C16H15ClN2O/c17-13-5-7-14(8-6-13)19-16(20)15-9-11-3-1-2-4-12(11)10-18-15/h1-8,15,18H,9-10H2,(H,19,20)/t15-/m1/s1. The topological polar surface area (TPSA) is 41.1 Å². The van der Waals surface area contributed by atoms with E-state index in [-0.39, 0.29) is 11.9 Å². The molecule has 2 aromatic rings. The van der Waals surface area contributed by atoms with Crippen LogP contribution in [-0.2, 0) is 17.8 Å². The average Bonchev–Trinajstić information content (AvgIpc) is 2.49. The van der Waals surface area contributed by atoms with E-state index < -0.39 is 0 Å². The van der Waals surface area contributed by atoms with Gasteiger partial charge in [0, 0.05) is 17.3 Å². The van der Waals surface area contributed by atoms with Crippen molar-refractivity contribution in [1.82, 2.24) is 5.32 Å². The molecule has 1 atom stereocenters. The summed E-state index contributed by atoms with van der Waals surface area (Å²) in [7, 11) is 0. The minimum atomic E-state index is -0.194. The van der Waals surface area contributed by atoms with E-state index in [4.69, 9.17) is 11.6 Å². The van der Waals surface area contributed by atoms with Crippen LogP contribution in [0.2, 0.25) is 5.02 Å². The van der Waals surface area contributed by atoms with Crippen LogP contribution in [0.15, 0.2) is 48.5 Å². The Balaban J connectivity index is 1.68. The Morgan fingerprint density at radius 3 is 2.55 bits per heavy atom. The zero-order valence-electron chi connectivity index (χ0n) is 10.9. The first-order valence-electron chi connectivity index (χ1n) is 6.59. The fraction of sp³-hybridized carbons (Fsp3) is 0.188. The van der Waals surface area contributed by atoms with Gasteiger partial charge in [-0.25, -0.2) is 0 Å². The van der Waals surface area contributed by atoms with Gasteiger partial charge in [-0.15, -0.1) is 0 Å². The number of hydrogen-bond donors (Lipinski definition) is 2. The highest BCUT2D eigenvalue weighted by atomic mass is 35.5. The number of rotatable bonds is 2. The van der Waals surface area contributed by atoms with Crippen molar-refractivity contribution in [3.05, 3.63) is 64.7 Å². The summed E-state index contributed by atoms with van der Waals surface area (Å²) >= 11 is 5.83. The van der Waals surface area contributed by atoms with Crippen LogP contribution < -0.4 is 10.6 Å². The number of hydrogen-bond acceptors (Lipinski definition) is 2. The molecule has 2 aromatic carbocycles. The zero-order chi connectivity index (χ0) is 13.9. The molecule has 0 aliphatic carbocycles. The van der Waals surface area contributed by atoms with Crippen LogP contribution in [0.5, 0.6) is 0 Å². The molecule has 0 saturated heterocycles. The van der Waals surface area contributed by atoms with Gasteiger partial charge in [0.1, 0.15) is 0 Å². The summed E-state index contributed by atoms with van der Waals surface area (Å²) in [5.41, 5.74) is 3.27. The number of halogens is 1. The highest BCUT2D eigenvalue weighted by Gasteiger charge is 2.23. The molecule has 0 bridgehead atoms. The lowest BCUT2D eigenvalue weighted by Gasteiger charge is -2.25. The minimum absolute atomic E-state index is 0.0122. The second-order valence-electron chi connectivity index (χ2n) is 4.90. The molecule has 20 heavy (non-hydrogen) atoms. The molecule has 0 saturated carbocycles. The van der Waals surface area contributed by atoms with E-state index in [0.29, 0.717) is 5.02 Å². The Hall–Kier alpha value is -1.84. The summed E-state index contributed by atoms with van der Waals surface area (Å²) in [5.74, 6) is -0.0122. The average molecular weight is 287 g/mol. The van der Waals surface area contributed by atoms with Crippen molar-refractivity contribution in [1.29, 1.82) is 0 Å². The van der Waals surface area contributed by atoms with Gasteiger partial charge in [0.25, 0.3) is 0 Å². The summed E-state index contributed by atoms with van der Waals surface area (Å²) in [6.07, 6.45) is 0.718. The summed E-state index contributed by atoms with van der Waals surface area (Å²) in [5, 5.41) is 6.84. The van der Waals surface area contributed by atoms with Gasteiger partial charge in [0.15, 0.2) is 0 Å². The number of nitrogens with one attached hydrogen (secondary N) is 2. The van der Waals surface area contributed by atoms with Crippen LogP contribution in [0.3, 0.4) is 0 Å². The highest BCUT2D eigenvalue weighted by molar-refractivity contribution is 6.30. The Labute approximate surface area is 123 Å². The van der Waals surface area contributed by atoms with Gasteiger partial charge in [0.2, 0.25) is 5.91 Å². The van der Waals surface area contributed by atoms with Crippen LogP contribution in [0.4, 0.5) is 5.69 Å². The van der Waals surface area contributed by atoms with Gasteiger partial charge in [-0.2, -0.15) is 0 Å². The fourth-order valence-electron chi connectivity index (χ4n) is 2.40. The molecule has 3 nitrogen and oxygen atoms in total. The molecule has 0 unspecified atom stereocenters. The number of carbonyl (C=O) groups is 1. The van der Waals surface area contributed by atoms with Crippen molar-refractivity contribution in [2.45, 2.75) is 19.0 Å². The van der Waals surface area contributed by atoms with Crippen molar-refractivity contribution in [2.75, 3.05) is 5.32 Å². The molecule has 102 valence electrons. The Kier molecular flexibility index (Phi) is 3.72. The smallest absolute Gasteiger partial charge is 0.241 e. The van der Waals surface area contributed by atoms with Gasteiger partial charge in [-0.05, 0) is 41.8 Å². The molecule has 2 N–H and O–H groups in total. The molecule has 0 aromatic heterocycles. The molecule has 0 spiro atoms. The monoisotopic (exact) mass is 286 g/mol. The fourth-order valence-corrected chi connectivity index (χ4v) is 2.53. The lowest BCUT2D eigenvalue weighted by Crippen LogP contribution is -2.44. The predicted octanol–water partition coefficient (Wildman–Crippen LogP) is 2.99. The summed E-state index contributed by atoms with van der Waals surface area (Å²) in [6.45, 7) is 0.731. The van der Waals surface area contributed by atoms with E-state index in [2.05, 4.69) is 22.8 Å². The van der Waals surface area contributed by atoms with E-state index in [9.17, 15) is 4.79 Å². The lowest BCUT2D eigenvalue weighted by atomic mass is 9.95. The third-order valence-corrected chi connectivity index (χ3v) is 3.76. The van der Waals surface area contributed by atoms with Gasteiger partial charge in [-0.1, -0.05) is 35.9 Å². The highest BCUT2D eigenvalue weighted by Crippen LogP contribution is 2.18. The molecular weight excluding hydrogens is 272 g/mol. The summed E-state index contributed by atoms with van der Waals surface area (Å²) in [6, 6.07) is 15.2. The first-order chi connectivity index (χ1) is 9.72. The van der Waals surface area contributed by atoms with E-state index >= 15 is 0 Å². The van der Waals surface area contributed by atoms with Crippen LogP contribution in [-0.4, -0.2) is 11.9 Å². The quantitative estimate of drug-likeness (QED) is 0.891. The van der Waals surface area contributed by atoms with Crippen LogP contribution in [0.1, 0.15) is 11.1 Å². The van der Waals surface area contributed by atoms with Crippen molar-refractivity contribution in [3.63, 3.8) is 0 Å². The van der Waals surface area contributed by atoms with Gasteiger partial charge < -0.3 is 10.6 Å². The molecular formula is C16H15ClN2O. The molecule has 4 heteroatoms. The van der Waals surface area contributed by atoms with Gasteiger partial charge >= 0.3 is 0 Å². The van der Waals surface area contributed by atoms with E-state index in [1.165, 1.54) is 11.1 Å². The molecule has 1 aliphatic rings.